The molecule has 2 heterocycles. The Balaban J connectivity index is 2.42. The number of nitrogens with two attached hydrogens (primary N) is 3. The third kappa shape index (κ3) is 1.52. The van der Waals surface area contributed by atoms with E-state index >= 15 is 0 Å². The molecular weight excluding hydrogens is 230 g/mol. The number of anilines is 2. The summed E-state index contributed by atoms with van der Waals surface area (Å²) in [7, 11) is 0. The van der Waals surface area contributed by atoms with Crippen molar-refractivity contribution in [1.82, 2.24) is 19.9 Å². The summed E-state index contributed by atoms with van der Waals surface area (Å²) in [6.45, 7) is 0.494. The lowest BCUT2D eigenvalue weighted by atomic mass is 10.1. The molecule has 7 nitrogen and oxygen atoms in total. The largest absolute Gasteiger partial charge is 0.369 e. The zero-order valence-corrected chi connectivity index (χ0v) is 9.64. The van der Waals surface area contributed by atoms with Crippen molar-refractivity contribution in [3.8, 4) is 11.4 Å². The molecule has 0 atom stereocenters. The Morgan fingerprint density at radius 1 is 1.11 bits per heavy atom. The van der Waals surface area contributed by atoms with E-state index in [-0.39, 0.29) is 5.95 Å². The SMILES string of the molecule is NCCc1c2nc(N)nc-2ccc2[nH]c(N)nc12. The standard InChI is InChI=1S/C11H13N7/c12-4-3-5-8-6(15-10(13)17-8)1-2-7-9(5)18-11(14)16-7/h1-2H,3-4,12H2,(H2,13,15,17)(H3,14,16,18). The summed E-state index contributed by atoms with van der Waals surface area (Å²) >= 11 is 0. The second kappa shape index (κ2) is 3.81. The first kappa shape index (κ1) is 10.7. The molecule has 18 heavy (non-hydrogen) atoms. The number of nitrogens with zero attached hydrogens (tertiary/aromatic N) is 3. The van der Waals surface area contributed by atoms with Crippen LogP contribution >= 0.6 is 0 Å². The van der Waals surface area contributed by atoms with Gasteiger partial charge in [-0.3, -0.25) is 0 Å². The molecule has 0 saturated heterocycles. The van der Waals surface area contributed by atoms with Gasteiger partial charge in [-0.2, -0.15) is 0 Å². The molecule has 0 amide bonds. The van der Waals surface area contributed by atoms with Gasteiger partial charge in [-0.1, -0.05) is 0 Å². The van der Waals surface area contributed by atoms with Gasteiger partial charge in [0.25, 0.3) is 0 Å². The summed E-state index contributed by atoms with van der Waals surface area (Å²) in [6, 6.07) is 3.72. The minimum atomic E-state index is 0.256. The van der Waals surface area contributed by atoms with Crippen molar-refractivity contribution in [1.29, 1.82) is 0 Å². The molecule has 0 unspecified atom stereocenters. The molecule has 0 fully saturated rings. The van der Waals surface area contributed by atoms with Crippen LogP contribution in [0.25, 0.3) is 22.4 Å². The van der Waals surface area contributed by atoms with Crippen LogP contribution in [0.2, 0.25) is 0 Å². The fourth-order valence-corrected chi connectivity index (χ4v) is 2.12. The van der Waals surface area contributed by atoms with Gasteiger partial charge in [0, 0.05) is 5.56 Å². The number of imidazole rings is 2. The number of aromatic nitrogens is 4. The molecule has 0 saturated carbocycles. The zero-order valence-electron chi connectivity index (χ0n) is 9.64. The highest BCUT2D eigenvalue weighted by Gasteiger charge is 2.17. The monoisotopic (exact) mass is 243 g/mol. The number of nitrogens with one attached hydrogen (secondary N) is 1. The number of aromatic amines is 1. The zero-order chi connectivity index (χ0) is 12.7. The van der Waals surface area contributed by atoms with E-state index in [0.717, 1.165) is 28.0 Å². The van der Waals surface area contributed by atoms with Gasteiger partial charge >= 0.3 is 0 Å². The summed E-state index contributed by atoms with van der Waals surface area (Å²) in [6.07, 6.45) is 0.643. The van der Waals surface area contributed by atoms with Crippen LogP contribution in [0.5, 0.6) is 0 Å². The molecule has 1 aliphatic heterocycles. The molecule has 3 rings (SSSR count). The van der Waals surface area contributed by atoms with E-state index in [1.165, 1.54) is 0 Å². The van der Waals surface area contributed by atoms with Crippen LogP contribution in [-0.2, 0) is 6.42 Å². The predicted molar refractivity (Wildman–Crippen MR) is 69.9 cm³/mol. The third-order valence-corrected chi connectivity index (χ3v) is 2.83. The Labute approximate surface area is 103 Å². The van der Waals surface area contributed by atoms with Gasteiger partial charge in [-0.25, -0.2) is 15.0 Å². The van der Waals surface area contributed by atoms with Gasteiger partial charge in [0.15, 0.2) is 5.95 Å². The summed E-state index contributed by atoms with van der Waals surface area (Å²) in [5, 5.41) is 0. The van der Waals surface area contributed by atoms with E-state index in [2.05, 4.69) is 19.9 Å². The fraction of sp³-hybridized carbons (Fsp3) is 0.182. The number of hydrogen-bond donors (Lipinski definition) is 4. The van der Waals surface area contributed by atoms with Crippen LogP contribution < -0.4 is 17.2 Å². The van der Waals surface area contributed by atoms with Crippen molar-refractivity contribution in [3.05, 3.63) is 17.7 Å². The van der Waals surface area contributed by atoms with Crippen molar-refractivity contribution in [2.45, 2.75) is 6.42 Å². The number of hydrogen-bond acceptors (Lipinski definition) is 6. The van der Waals surface area contributed by atoms with Crippen molar-refractivity contribution in [3.63, 3.8) is 0 Å². The highest BCUT2D eigenvalue weighted by Crippen LogP contribution is 2.29. The Morgan fingerprint density at radius 3 is 2.72 bits per heavy atom. The second-order valence-electron chi connectivity index (χ2n) is 4.05. The Morgan fingerprint density at radius 2 is 1.94 bits per heavy atom. The van der Waals surface area contributed by atoms with Crippen molar-refractivity contribution in [2.75, 3.05) is 18.0 Å². The molecule has 0 aromatic carbocycles. The predicted octanol–water partition coefficient (Wildman–Crippen LogP) is 0.123. The average molecular weight is 243 g/mol. The lowest BCUT2D eigenvalue weighted by Crippen LogP contribution is -2.04. The van der Waals surface area contributed by atoms with E-state index in [4.69, 9.17) is 17.2 Å². The van der Waals surface area contributed by atoms with Crippen molar-refractivity contribution in [2.24, 2.45) is 5.73 Å². The van der Waals surface area contributed by atoms with Gasteiger partial charge in [-0.15, -0.1) is 0 Å². The van der Waals surface area contributed by atoms with Crippen LogP contribution in [-0.4, -0.2) is 26.5 Å². The topological polar surface area (TPSA) is 133 Å². The van der Waals surface area contributed by atoms with Crippen LogP contribution in [0.3, 0.4) is 0 Å². The molecule has 1 aromatic heterocycles. The van der Waals surface area contributed by atoms with Crippen molar-refractivity contribution >= 4 is 22.9 Å². The van der Waals surface area contributed by atoms with Gasteiger partial charge in [-0.05, 0) is 25.1 Å². The van der Waals surface area contributed by atoms with E-state index in [1.54, 1.807) is 0 Å². The van der Waals surface area contributed by atoms with Gasteiger partial charge < -0.3 is 22.2 Å². The summed E-state index contributed by atoms with van der Waals surface area (Å²) in [5.41, 5.74) is 21.0. The molecule has 92 valence electrons. The first-order valence-electron chi connectivity index (χ1n) is 5.59. The Kier molecular flexibility index (Phi) is 2.27. The average Bonchev–Trinajstić information content (AvgIpc) is 2.84. The Bertz CT molecular complexity index is 687. The van der Waals surface area contributed by atoms with Gasteiger partial charge in [0.1, 0.15) is 0 Å². The summed E-state index contributed by atoms with van der Waals surface area (Å²) < 4.78 is 0. The maximum Gasteiger partial charge on any atom is 0.221 e. The molecule has 7 N–H and O–H groups in total. The fourth-order valence-electron chi connectivity index (χ4n) is 2.12. The van der Waals surface area contributed by atoms with Gasteiger partial charge in [0.05, 0.1) is 22.4 Å². The van der Waals surface area contributed by atoms with Crippen LogP contribution in [0.1, 0.15) is 5.56 Å². The highest BCUT2D eigenvalue weighted by molar-refractivity contribution is 5.86. The normalized spacial score (nSPS) is 11.4. The highest BCUT2D eigenvalue weighted by atomic mass is 15.1. The van der Waals surface area contributed by atoms with E-state index < -0.39 is 0 Å². The van der Waals surface area contributed by atoms with E-state index in [1.807, 2.05) is 12.1 Å². The number of rotatable bonds is 2. The molecule has 2 aliphatic rings. The Hall–Kier alpha value is -2.41. The molecule has 0 bridgehead atoms. The minimum absolute atomic E-state index is 0.256. The number of H-pyrrole nitrogens is 1. The van der Waals surface area contributed by atoms with E-state index in [0.29, 0.717) is 18.9 Å². The number of fused-ring (bicyclic) bond motifs is 2. The first-order valence-corrected chi connectivity index (χ1v) is 5.59. The molecule has 7 heteroatoms. The second-order valence-corrected chi connectivity index (χ2v) is 4.05. The first-order chi connectivity index (χ1) is 8.69. The summed E-state index contributed by atoms with van der Waals surface area (Å²) in [5.74, 6) is 0.626. The number of nitrogen functional groups attached to an aromatic ring is 2. The van der Waals surface area contributed by atoms with Crippen molar-refractivity contribution < 1.29 is 0 Å². The van der Waals surface area contributed by atoms with Gasteiger partial charge in [0.2, 0.25) is 5.95 Å². The lowest BCUT2D eigenvalue weighted by Gasteiger charge is -1.99. The molecule has 0 radical (unpaired) electrons. The third-order valence-electron chi connectivity index (χ3n) is 2.83. The van der Waals surface area contributed by atoms with Crippen LogP contribution in [0.15, 0.2) is 12.1 Å². The molecule has 1 aromatic rings. The smallest absolute Gasteiger partial charge is 0.221 e. The maximum absolute atomic E-state index is 5.69. The molecular formula is C11H13N7. The van der Waals surface area contributed by atoms with Crippen LogP contribution in [0, 0.1) is 0 Å². The summed E-state index contributed by atoms with van der Waals surface area (Å²) in [4.78, 5) is 15.7. The van der Waals surface area contributed by atoms with Crippen LogP contribution in [0.4, 0.5) is 11.9 Å². The lowest BCUT2D eigenvalue weighted by molar-refractivity contribution is 0.972. The quantitative estimate of drug-likeness (QED) is 0.505. The minimum Gasteiger partial charge on any atom is -0.369 e. The van der Waals surface area contributed by atoms with E-state index in [9.17, 15) is 0 Å². The molecule has 0 spiro atoms. The molecule has 1 aliphatic carbocycles. The maximum atomic E-state index is 5.69.